The summed E-state index contributed by atoms with van der Waals surface area (Å²) in [6.07, 6.45) is 7.49. The second kappa shape index (κ2) is 6.55. The maximum atomic E-state index is 4.51. The number of nitrogens with one attached hydrogen (secondary N) is 1. The highest BCUT2D eigenvalue weighted by molar-refractivity contribution is 7.13. The third-order valence-corrected chi connectivity index (χ3v) is 3.66. The second-order valence-electron chi connectivity index (χ2n) is 4.25. The van der Waals surface area contributed by atoms with Crippen LogP contribution in [-0.2, 0) is 6.42 Å². The third-order valence-electron chi connectivity index (χ3n) is 2.79. The van der Waals surface area contributed by atoms with Crippen molar-refractivity contribution in [1.82, 2.24) is 15.2 Å². The molecular formula is C13H19N3S. The zero-order chi connectivity index (χ0) is 11.9. The van der Waals surface area contributed by atoms with E-state index in [-0.39, 0.29) is 0 Å². The van der Waals surface area contributed by atoms with Crippen LogP contribution in [0.3, 0.4) is 0 Å². The summed E-state index contributed by atoms with van der Waals surface area (Å²) in [5, 5.41) is 9.33. The van der Waals surface area contributed by atoms with Gasteiger partial charge in [0.05, 0.1) is 4.88 Å². The van der Waals surface area contributed by atoms with Gasteiger partial charge in [-0.3, -0.25) is 5.10 Å². The number of nitrogens with zero attached hydrogens (tertiary/aromatic N) is 2. The lowest BCUT2D eigenvalue weighted by atomic mass is 10.1. The van der Waals surface area contributed by atoms with E-state index in [9.17, 15) is 0 Å². The number of thiophene rings is 1. The molecule has 0 spiro atoms. The highest BCUT2D eigenvalue weighted by atomic mass is 32.1. The zero-order valence-corrected chi connectivity index (χ0v) is 11.1. The average molecular weight is 249 g/mol. The van der Waals surface area contributed by atoms with Crippen LogP contribution in [0.4, 0.5) is 0 Å². The Morgan fingerprint density at radius 2 is 2.12 bits per heavy atom. The first-order valence-electron chi connectivity index (χ1n) is 6.35. The molecule has 2 heterocycles. The van der Waals surface area contributed by atoms with Crippen molar-refractivity contribution in [3.05, 3.63) is 23.3 Å². The van der Waals surface area contributed by atoms with Crippen molar-refractivity contribution >= 4 is 11.3 Å². The van der Waals surface area contributed by atoms with Crippen LogP contribution in [-0.4, -0.2) is 15.2 Å². The number of hydrogen-bond donors (Lipinski definition) is 1. The molecule has 0 bridgehead atoms. The summed E-state index contributed by atoms with van der Waals surface area (Å²) in [6.45, 7) is 2.24. The van der Waals surface area contributed by atoms with Crippen LogP contribution in [0.1, 0.15) is 44.9 Å². The first kappa shape index (κ1) is 12.3. The number of rotatable bonds is 7. The lowest BCUT2D eigenvalue weighted by molar-refractivity contribution is 0.623. The Hall–Kier alpha value is -1.16. The molecule has 3 nitrogen and oxygen atoms in total. The van der Waals surface area contributed by atoms with Gasteiger partial charge < -0.3 is 0 Å². The Bertz CT molecular complexity index is 420. The predicted octanol–water partition coefficient (Wildman–Crippen LogP) is 4.05. The van der Waals surface area contributed by atoms with Gasteiger partial charge in [0, 0.05) is 6.42 Å². The molecule has 0 aliphatic carbocycles. The van der Waals surface area contributed by atoms with Crippen LogP contribution in [0, 0.1) is 0 Å². The maximum absolute atomic E-state index is 4.51. The van der Waals surface area contributed by atoms with Crippen LogP contribution >= 0.6 is 11.3 Å². The molecule has 4 heteroatoms. The molecule has 1 N–H and O–H groups in total. The van der Waals surface area contributed by atoms with Crippen LogP contribution in [0.25, 0.3) is 10.7 Å². The highest BCUT2D eigenvalue weighted by Gasteiger charge is 2.05. The Morgan fingerprint density at radius 3 is 2.88 bits per heavy atom. The summed E-state index contributed by atoms with van der Waals surface area (Å²) in [7, 11) is 0. The number of aromatic amines is 1. The summed E-state index contributed by atoms with van der Waals surface area (Å²) in [5.41, 5.74) is 0. The fraction of sp³-hybridized carbons (Fsp3) is 0.538. The van der Waals surface area contributed by atoms with Gasteiger partial charge in [-0.1, -0.05) is 38.7 Å². The monoisotopic (exact) mass is 249 g/mol. The first-order chi connectivity index (χ1) is 8.40. The summed E-state index contributed by atoms with van der Waals surface area (Å²) in [4.78, 5) is 5.65. The van der Waals surface area contributed by atoms with Gasteiger partial charge in [-0.25, -0.2) is 4.98 Å². The molecule has 0 fully saturated rings. The number of H-pyrrole nitrogens is 1. The first-order valence-corrected chi connectivity index (χ1v) is 7.23. The molecule has 0 radical (unpaired) electrons. The van der Waals surface area contributed by atoms with Crippen LogP contribution in [0.5, 0.6) is 0 Å². The van der Waals surface area contributed by atoms with Crippen molar-refractivity contribution in [2.24, 2.45) is 0 Å². The molecule has 2 aromatic heterocycles. The van der Waals surface area contributed by atoms with Crippen molar-refractivity contribution < 1.29 is 0 Å². The smallest absolute Gasteiger partial charge is 0.191 e. The minimum absolute atomic E-state index is 0.837. The average Bonchev–Trinajstić information content (AvgIpc) is 2.99. The molecule has 0 amide bonds. The van der Waals surface area contributed by atoms with Gasteiger partial charge in [0.15, 0.2) is 5.82 Å². The predicted molar refractivity (Wildman–Crippen MR) is 72.2 cm³/mol. The largest absolute Gasteiger partial charge is 0.263 e. The van der Waals surface area contributed by atoms with Gasteiger partial charge in [0.2, 0.25) is 0 Å². The van der Waals surface area contributed by atoms with Crippen LogP contribution in [0.15, 0.2) is 17.5 Å². The molecule has 0 atom stereocenters. The molecular weight excluding hydrogens is 230 g/mol. The summed E-state index contributed by atoms with van der Waals surface area (Å²) < 4.78 is 0. The number of aryl methyl sites for hydroxylation is 1. The zero-order valence-electron chi connectivity index (χ0n) is 10.3. The molecule has 0 aromatic carbocycles. The van der Waals surface area contributed by atoms with E-state index in [0.29, 0.717) is 0 Å². The van der Waals surface area contributed by atoms with Crippen LogP contribution in [0.2, 0.25) is 0 Å². The summed E-state index contributed by atoms with van der Waals surface area (Å²) in [6, 6.07) is 4.08. The Kier molecular flexibility index (Phi) is 4.74. The summed E-state index contributed by atoms with van der Waals surface area (Å²) >= 11 is 1.68. The van der Waals surface area contributed by atoms with E-state index in [1.165, 1.54) is 32.1 Å². The van der Waals surface area contributed by atoms with Gasteiger partial charge in [0.1, 0.15) is 5.82 Å². The number of unbranched alkanes of at least 4 members (excludes halogenated alkanes) is 4. The second-order valence-corrected chi connectivity index (χ2v) is 5.19. The topological polar surface area (TPSA) is 41.6 Å². The number of hydrogen-bond acceptors (Lipinski definition) is 3. The summed E-state index contributed by atoms with van der Waals surface area (Å²) in [5.74, 6) is 1.86. The van der Waals surface area contributed by atoms with Crippen molar-refractivity contribution in [2.45, 2.75) is 45.4 Å². The minimum Gasteiger partial charge on any atom is -0.263 e. The van der Waals surface area contributed by atoms with E-state index >= 15 is 0 Å². The molecule has 92 valence electrons. The van der Waals surface area contributed by atoms with Gasteiger partial charge in [0.25, 0.3) is 0 Å². The fourth-order valence-corrected chi connectivity index (χ4v) is 2.48. The maximum Gasteiger partial charge on any atom is 0.191 e. The third kappa shape index (κ3) is 3.66. The Morgan fingerprint density at radius 1 is 1.24 bits per heavy atom. The van der Waals surface area contributed by atoms with E-state index < -0.39 is 0 Å². The van der Waals surface area contributed by atoms with E-state index in [2.05, 4.69) is 33.6 Å². The molecule has 0 saturated heterocycles. The van der Waals surface area contributed by atoms with Gasteiger partial charge >= 0.3 is 0 Å². The van der Waals surface area contributed by atoms with E-state index in [0.717, 1.165) is 22.9 Å². The van der Waals surface area contributed by atoms with Crippen LogP contribution < -0.4 is 0 Å². The normalized spacial score (nSPS) is 10.9. The van der Waals surface area contributed by atoms with Crippen molar-refractivity contribution in [2.75, 3.05) is 0 Å². The van der Waals surface area contributed by atoms with E-state index in [4.69, 9.17) is 0 Å². The molecule has 0 saturated carbocycles. The standard InChI is InChI=1S/C13H19N3S/c1-2-3-4-5-6-9-12-14-13(16-15-12)11-8-7-10-17-11/h7-8,10H,2-6,9H2,1H3,(H,14,15,16). The molecule has 0 unspecified atom stereocenters. The van der Waals surface area contributed by atoms with E-state index in [1.807, 2.05) is 6.07 Å². The van der Waals surface area contributed by atoms with E-state index in [1.54, 1.807) is 11.3 Å². The SMILES string of the molecule is CCCCCCCc1nc(-c2cccs2)n[nH]1. The van der Waals surface area contributed by atoms with Crippen molar-refractivity contribution in [1.29, 1.82) is 0 Å². The Labute approximate surface area is 106 Å². The highest BCUT2D eigenvalue weighted by Crippen LogP contribution is 2.20. The molecule has 0 aliphatic heterocycles. The molecule has 17 heavy (non-hydrogen) atoms. The Balaban J connectivity index is 1.79. The molecule has 0 aliphatic rings. The van der Waals surface area contributed by atoms with Crippen molar-refractivity contribution in [3.63, 3.8) is 0 Å². The minimum atomic E-state index is 0.837. The lowest BCUT2D eigenvalue weighted by Crippen LogP contribution is -1.88. The number of aromatic nitrogens is 3. The molecule has 2 rings (SSSR count). The molecule has 2 aromatic rings. The van der Waals surface area contributed by atoms with Gasteiger partial charge in [-0.05, 0) is 17.9 Å². The lowest BCUT2D eigenvalue weighted by Gasteiger charge is -1.96. The quantitative estimate of drug-likeness (QED) is 0.752. The fourth-order valence-electron chi connectivity index (χ4n) is 1.82. The van der Waals surface area contributed by atoms with Gasteiger partial charge in [-0.15, -0.1) is 11.3 Å². The van der Waals surface area contributed by atoms with Crippen molar-refractivity contribution in [3.8, 4) is 10.7 Å². The van der Waals surface area contributed by atoms with Gasteiger partial charge in [-0.2, -0.15) is 5.10 Å².